The van der Waals surface area contributed by atoms with Gasteiger partial charge in [-0.05, 0) is 54.1 Å². The zero-order valence-corrected chi connectivity index (χ0v) is 12.6. The molecule has 0 spiro atoms. The third-order valence-electron chi connectivity index (χ3n) is 3.54. The number of anilines is 1. The van der Waals surface area contributed by atoms with Crippen LogP contribution < -0.4 is 10.1 Å². The summed E-state index contributed by atoms with van der Waals surface area (Å²) in [6, 6.07) is 15.0. The van der Waals surface area contributed by atoms with Gasteiger partial charge in [0.05, 0.1) is 5.92 Å². The Morgan fingerprint density at radius 2 is 2.00 bits per heavy atom. The van der Waals surface area contributed by atoms with E-state index in [4.69, 9.17) is 10.00 Å². The molecule has 22 heavy (non-hydrogen) atoms. The summed E-state index contributed by atoms with van der Waals surface area (Å²) in [6.45, 7) is 0.394. The van der Waals surface area contributed by atoms with Crippen LogP contribution in [-0.4, -0.2) is 12.5 Å². The Bertz CT molecular complexity index is 722. The normalized spacial score (nSPS) is 16.0. The number of hydrogen-bond acceptors (Lipinski definition) is 4. The molecule has 1 unspecified atom stereocenters. The van der Waals surface area contributed by atoms with Crippen molar-refractivity contribution in [3.8, 4) is 11.2 Å². The molecule has 1 atom stereocenters. The number of thioether (sulfide) groups is 1. The zero-order valence-electron chi connectivity index (χ0n) is 11.8. The average Bonchev–Trinajstić information content (AvgIpc) is 2.56. The van der Waals surface area contributed by atoms with E-state index in [1.54, 1.807) is 12.1 Å². The van der Waals surface area contributed by atoms with Gasteiger partial charge in [-0.3, -0.25) is 4.79 Å². The van der Waals surface area contributed by atoms with E-state index in [0.717, 1.165) is 33.7 Å². The van der Waals surface area contributed by atoms with Crippen molar-refractivity contribution >= 4 is 23.4 Å². The summed E-state index contributed by atoms with van der Waals surface area (Å²) in [7, 11) is 0. The van der Waals surface area contributed by atoms with Crippen LogP contribution in [0, 0.1) is 16.6 Å². The number of nitrogens with zero attached hydrogens (tertiary/aromatic N) is 1. The van der Waals surface area contributed by atoms with E-state index >= 15 is 0 Å². The van der Waals surface area contributed by atoms with Crippen LogP contribution in [0.15, 0.2) is 53.4 Å². The molecule has 2 aromatic carbocycles. The van der Waals surface area contributed by atoms with Crippen molar-refractivity contribution in [1.82, 2.24) is 0 Å². The Kier molecular flexibility index (Phi) is 4.31. The highest BCUT2D eigenvalue weighted by molar-refractivity contribution is 8.03. The molecule has 0 aromatic heterocycles. The van der Waals surface area contributed by atoms with Crippen LogP contribution in [-0.2, 0) is 11.2 Å². The number of carbonyl (C=O) groups is 1. The number of hydrogen-bond donors (Lipinski definition) is 1. The smallest absolute Gasteiger partial charge is 0.231 e. The first-order valence-electron chi connectivity index (χ1n) is 6.94. The van der Waals surface area contributed by atoms with Gasteiger partial charge in [-0.25, -0.2) is 0 Å². The number of nitriles is 1. The van der Waals surface area contributed by atoms with Crippen LogP contribution in [0.4, 0.5) is 5.69 Å². The van der Waals surface area contributed by atoms with E-state index in [2.05, 4.69) is 5.32 Å². The fourth-order valence-electron chi connectivity index (χ4n) is 2.40. The molecule has 3 rings (SSSR count). The van der Waals surface area contributed by atoms with Crippen molar-refractivity contribution in [3.63, 3.8) is 0 Å². The van der Waals surface area contributed by atoms with E-state index in [9.17, 15) is 4.79 Å². The Morgan fingerprint density at radius 3 is 2.77 bits per heavy atom. The van der Waals surface area contributed by atoms with Crippen LogP contribution in [0.1, 0.15) is 5.56 Å². The number of amides is 1. The lowest BCUT2D eigenvalue weighted by Crippen LogP contribution is -2.32. The minimum atomic E-state index is -0.192. The van der Waals surface area contributed by atoms with Gasteiger partial charge in [-0.15, -0.1) is 0 Å². The van der Waals surface area contributed by atoms with Gasteiger partial charge in [-0.1, -0.05) is 18.2 Å². The first kappa shape index (κ1) is 14.5. The summed E-state index contributed by atoms with van der Waals surface area (Å²) < 4.78 is 5.65. The number of benzene rings is 2. The number of ether oxygens (including phenoxy) is 1. The summed E-state index contributed by atoms with van der Waals surface area (Å²) in [6.07, 6.45) is 0.685. The Balaban J connectivity index is 1.64. The van der Waals surface area contributed by atoms with Crippen molar-refractivity contribution in [3.05, 3.63) is 54.1 Å². The number of thiocyanates is 1. The second-order valence-electron chi connectivity index (χ2n) is 5.03. The molecule has 5 heteroatoms. The van der Waals surface area contributed by atoms with Crippen molar-refractivity contribution in [2.45, 2.75) is 11.3 Å². The van der Waals surface area contributed by atoms with Crippen molar-refractivity contribution in [2.75, 3.05) is 11.9 Å². The van der Waals surface area contributed by atoms with Crippen molar-refractivity contribution in [1.29, 1.82) is 5.26 Å². The van der Waals surface area contributed by atoms with Gasteiger partial charge >= 0.3 is 0 Å². The Morgan fingerprint density at radius 1 is 1.23 bits per heavy atom. The predicted octanol–water partition coefficient (Wildman–Crippen LogP) is 3.45. The molecule has 1 N–H and O–H groups in total. The van der Waals surface area contributed by atoms with Crippen LogP contribution >= 0.6 is 11.8 Å². The van der Waals surface area contributed by atoms with E-state index in [0.29, 0.717) is 13.0 Å². The van der Waals surface area contributed by atoms with Gasteiger partial charge in [0.15, 0.2) is 0 Å². The third-order valence-corrected chi connectivity index (χ3v) is 4.13. The summed E-state index contributed by atoms with van der Waals surface area (Å²) in [5.74, 6) is 0.627. The summed E-state index contributed by atoms with van der Waals surface area (Å²) in [5, 5.41) is 13.5. The van der Waals surface area contributed by atoms with E-state index in [1.807, 2.05) is 41.8 Å². The van der Waals surface area contributed by atoms with E-state index < -0.39 is 0 Å². The molecule has 0 fully saturated rings. The second kappa shape index (κ2) is 6.54. The highest BCUT2D eigenvalue weighted by atomic mass is 32.2. The fourth-order valence-corrected chi connectivity index (χ4v) is 2.78. The minimum Gasteiger partial charge on any atom is -0.492 e. The molecular formula is C17H14N2O2S. The molecule has 0 aliphatic carbocycles. The predicted molar refractivity (Wildman–Crippen MR) is 85.7 cm³/mol. The fraction of sp³-hybridized carbons (Fsp3) is 0.176. The topological polar surface area (TPSA) is 62.1 Å². The van der Waals surface area contributed by atoms with E-state index in [1.165, 1.54) is 0 Å². The molecule has 110 valence electrons. The monoisotopic (exact) mass is 310 g/mol. The molecule has 1 aliphatic rings. The molecule has 0 saturated carbocycles. The third kappa shape index (κ3) is 3.23. The van der Waals surface area contributed by atoms with E-state index in [-0.39, 0.29) is 11.8 Å². The van der Waals surface area contributed by atoms with Crippen LogP contribution in [0.3, 0.4) is 0 Å². The first-order valence-corrected chi connectivity index (χ1v) is 7.75. The standard InChI is InChI=1S/C17H14N2O2S/c18-11-22-15-7-5-14(6-8-15)19-17(20)13-9-12-3-1-2-4-16(12)21-10-13/h1-8,13H,9-10H2,(H,19,20). The quantitative estimate of drug-likeness (QED) is 0.696. The lowest BCUT2D eigenvalue weighted by atomic mass is 9.96. The summed E-state index contributed by atoms with van der Waals surface area (Å²) >= 11 is 1.10. The maximum absolute atomic E-state index is 12.3. The molecule has 0 bridgehead atoms. The lowest BCUT2D eigenvalue weighted by Gasteiger charge is -2.24. The highest BCUT2D eigenvalue weighted by Gasteiger charge is 2.25. The van der Waals surface area contributed by atoms with Gasteiger partial charge < -0.3 is 10.1 Å². The summed E-state index contributed by atoms with van der Waals surface area (Å²) in [5.41, 5.74) is 1.79. The number of fused-ring (bicyclic) bond motifs is 1. The van der Waals surface area contributed by atoms with Crippen LogP contribution in [0.2, 0.25) is 0 Å². The molecule has 1 aliphatic heterocycles. The van der Waals surface area contributed by atoms with Gasteiger partial charge in [0, 0.05) is 10.6 Å². The Hall–Kier alpha value is -2.45. The second-order valence-corrected chi connectivity index (χ2v) is 5.88. The van der Waals surface area contributed by atoms with Gasteiger partial charge in [0.1, 0.15) is 17.8 Å². The van der Waals surface area contributed by atoms with Crippen LogP contribution in [0.25, 0.3) is 0 Å². The molecule has 0 saturated heterocycles. The molecule has 1 amide bonds. The maximum Gasteiger partial charge on any atom is 0.231 e. The molecule has 0 radical (unpaired) electrons. The SMILES string of the molecule is N#CSc1ccc(NC(=O)C2COc3ccccc3C2)cc1. The van der Waals surface area contributed by atoms with Gasteiger partial charge in [0.25, 0.3) is 0 Å². The molecule has 2 aromatic rings. The molecule has 1 heterocycles. The number of carbonyl (C=O) groups excluding carboxylic acids is 1. The van der Waals surface area contributed by atoms with Crippen LogP contribution in [0.5, 0.6) is 5.75 Å². The summed E-state index contributed by atoms with van der Waals surface area (Å²) in [4.78, 5) is 13.2. The Labute approximate surface area is 133 Å². The first-order chi connectivity index (χ1) is 10.8. The zero-order chi connectivity index (χ0) is 15.4. The largest absolute Gasteiger partial charge is 0.492 e. The van der Waals surface area contributed by atoms with Crippen molar-refractivity contribution < 1.29 is 9.53 Å². The molecular weight excluding hydrogens is 296 g/mol. The number of rotatable bonds is 3. The highest BCUT2D eigenvalue weighted by Crippen LogP contribution is 2.27. The number of para-hydroxylation sites is 1. The lowest BCUT2D eigenvalue weighted by molar-refractivity contribution is -0.121. The van der Waals surface area contributed by atoms with Gasteiger partial charge in [0.2, 0.25) is 5.91 Å². The average molecular weight is 310 g/mol. The van der Waals surface area contributed by atoms with Gasteiger partial charge in [-0.2, -0.15) is 5.26 Å². The maximum atomic E-state index is 12.3. The number of nitrogens with one attached hydrogen (secondary N) is 1. The van der Waals surface area contributed by atoms with Crippen molar-refractivity contribution in [2.24, 2.45) is 5.92 Å². The minimum absolute atomic E-state index is 0.0461. The molecule has 4 nitrogen and oxygen atoms in total.